The van der Waals surface area contributed by atoms with E-state index in [0.29, 0.717) is 23.3 Å². The van der Waals surface area contributed by atoms with E-state index in [2.05, 4.69) is 20.3 Å². The summed E-state index contributed by atoms with van der Waals surface area (Å²) in [6.45, 7) is 2.34. The third-order valence-corrected chi connectivity index (χ3v) is 2.50. The van der Waals surface area contributed by atoms with Gasteiger partial charge in [0.15, 0.2) is 5.65 Å². The topological polar surface area (TPSA) is 79.9 Å². The first-order valence-electron chi connectivity index (χ1n) is 5.31. The molecule has 1 atom stereocenters. The summed E-state index contributed by atoms with van der Waals surface area (Å²) in [5.41, 5.74) is 1.68. The van der Waals surface area contributed by atoms with Crippen LogP contribution in [0.4, 0.5) is 0 Å². The Hall–Kier alpha value is -1.95. The summed E-state index contributed by atoms with van der Waals surface area (Å²) in [7, 11) is 1.61. The van der Waals surface area contributed by atoms with E-state index in [4.69, 9.17) is 4.74 Å². The van der Waals surface area contributed by atoms with Gasteiger partial charge >= 0.3 is 0 Å². The van der Waals surface area contributed by atoms with Crippen molar-refractivity contribution in [3.05, 3.63) is 24.2 Å². The standard InChI is InChI=1S/C11H14N4O2/c1-7(17-2)5-15-11(16)8-6-14-10-9(8)12-3-4-13-10/h3-4,6-7H,5H2,1-2H3,(H,13,14)(H,15,16). The molecule has 6 heteroatoms. The molecule has 1 unspecified atom stereocenters. The number of rotatable bonds is 4. The number of H-pyrrole nitrogens is 1. The van der Waals surface area contributed by atoms with Gasteiger partial charge in [0.1, 0.15) is 5.52 Å². The maximum atomic E-state index is 11.9. The zero-order valence-corrected chi connectivity index (χ0v) is 9.73. The number of aromatic amines is 1. The quantitative estimate of drug-likeness (QED) is 0.817. The Morgan fingerprint density at radius 2 is 2.29 bits per heavy atom. The van der Waals surface area contributed by atoms with Gasteiger partial charge in [-0.1, -0.05) is 0 Å². The molecular formula is C11H14N4O2. The smallest absolute Gasteiger partial charge is 0.255 e. The van der Waals surface area contributed by atoms with Gasteiger partial charge in [-0.3, -0.25) is 9.78 Å². The molecule has 2 heterocycles. The molecule has 90 valence electrons. The van der Waals surface area contributed by atoms with Crippen LogP contribution in [0.5, 0.6) is 0 Å². The third kappa shape index (κ3) is 2.42. The largest absolute Gasteiger partial charge is 0.380 e. The number of amides is 1. The van der Waals surface area contributed by atoms with Gasteiger partial charge < -0.3 is 15.0 Å². The zero-order valence-electron chi connectivity index (χ0n) is 9.73. The van der Waals surface area contributed by atoms with Crippen molar-refractivity contribution in [3.63, 3.8) is 0 Å². The van der Waals surface area contributed by atoms with Crippen LogP contribution in [0.25, 0.3) is 11.2 Å². The average molecular weight is 234 g/mol. The summed E-state index contributed by atoms with van der Waals surface area (Å²) in [6, 6.07) is 0. The normalized spacial score (nSPS) is 12.6. The molecule has 0 radical (unpaired) electrons. The minimum Gasteiger partial charge on any atom is -0.380 e. The zero-order chi connectivity index (χ0) is 12.3. The van der Waals surface area contributed by atoms with E-state index in [-0.39, 0.29) is 12.0 Å². The SMILES string of the molecule is COC(C)CNC(=O)c1c[nH]c2nccnc12. The number of nitrogens with zero attached hydrogens (tertiary/aromatic N) is 2. The van der Waals surface area contributed by atoms with Crippen LogP contribution in [-0.2, 0) is 4.74 Å². The van der Waals surface area contributed by atoms with Crippen molar-refractivity contribution in [2.75, 3.05) is 13.7 Å². The maximum Gasteiger partial charge on any atom is 0.255 e. The first kappa shape index (κ1) is 11.5. The molecule has 2 aromatic heterocycles. The van der Waals surface area contributed by atoms with Gasteiger partial charge in [0.05, 0.1) is 11.7 Å². The molecule has 6 nitrogen and oxygen atoms in total. The van der Waals surface area contributed by atoms with Gasteiger partial charge in [-0.2, -0.15) is 0 Å². The van der Waals surface area contributed by atoms with Crippen LogP contribution in [0.1, 0.15) is 17.3 Å². The fourth-order valence-electron chi connectivity index (χ4n) is 1.44. The highest BCUT2D eigenvalue weighted by Crippen LogP contribution is 2.12. The van der Waals surface area contributed by atoms with E-state index < -0.39 is 0 Å². The number of carbonyl (C=O) groups is 1. The monoisotopic (exact) mass is 234 g/mol. The van der Waals surface area contributed by atoms with Crippen molar-refractivity contribution < 1.29 is 9.53 Å². The molecule has 0 aliphatic rings. The molecule has 17 heavy (non-hydrogen) atoms. The molecule has 0 saturated heterocycles. The summed E-state index contributed by atoms with van der Waals surface area (Å²) in [6.07, 6.45) is 4.73. The average Bonchev–Trinajstić information content (AvgIpc) is 2.79. The summed E-state index contributed by atoms with van der Waals surface area (Å²) >= 11 is 0. The van der Waals surface area contributed by atoms with Crippen molar-refractivity contribution in [1.82, 2.24) is 20.3 Å². The van der Waals surface area contributed by atoms with Gasteiger partial charge in [-0.15, -0.1) is 0 Å². The predicted molar refractivity (Wildman–Crippen MR) is 62.7 cm³/mol. The Labute approximate surface area is 98.4 Å². The highest BCUT2D eigenvalue weighted by Gasteiger charge is 2.13. The summed E-state index contributed by atoms with van der Waals surface area (Å²) in [4.78, 5) is 23.0. The summed E-state index contributed by atoms with van der Waals surface area (Å²) in [5.74, 6) is -0.180. The number of carbonyl (C=O) groups excluding carboxylic acids is 1. The number of ether oxygens (including phenoxy) is 1. The van der Waals surface area contributed by atoms with Gasteiger partial charge in [0, 0.05) is 32.2 Å². The molecule has 0 fully saturated rings. The van der Waals surface area contributed by atoms with Crippen LogP contribution in [0.15, 0.2) is 18.6 Å². The van der Waals surface area contributed by atoms with Crippen LogP contribution >= 0.6 is 0 Å². The van der Waals surface area contributed by atoms with Crippen LogP contribution in [0.2, 0.25) is 0 Å². The Balaban J connectivity index is 2.14. The summed E-state index contributed by atoms with van der Waals surface area (Å²) < 4.78 is 5.05. The minimum absolute atomic E-state index is 0.0183. The lowest BCUT2D eigenvalue weighted by molar-refractivity contribution is 0.0872. The molecular weight excluding hydrogens is 220 g/mol. The first-order valence-corrected chi connectivity index (χ1v) is 5.31. The van der Waals surface area contributed by atoms with Crippen LogP contribution in [0.3, 0.4) is 0 Å². The minimum atomic E-state index is -0.180. The van der Waals surface area contributed by atoms with E-state index in [0.717, 1.165) is 0 Å². The Morgan fingerprint density at radius 1 is 1.53 bits per heavy atom. The maximum absolute atomic E-state index is 11.9. The van der Waals surface area contributed by atoms with Crippen LogP contribution < -0.4 is 5.32 Å². The lowest BCUT2D eigenvalue weighted by Crippen LogP contribution is -2.31. The Bertz CT molecular complexity index is 523. The fourth-order valence-corrected chi connectivity index (χ4v) is 1.44. The van der Waals surface area contributed by atoms with E-state index in [9.17, 15) is 4.79 Å². The van der Waals surface area contributed by atoms with Crippen molar-refractivity contribution in [2.24, 2.45) is 0 Å². The predicted octanol–water partition coefficient (Wildman–Crippen LogP) is 0.723. The number of hydrogen-bond donors (Lipinski definition) is 2. The molecule has 0 aromatic carbocycles. The molecule has 0 bridgehead atoms. The van der Waals surface area contributed by atoms with Crippen molar-refractivity contribution in [2.45, 2.75) is 13.0 Å². The number of nitrogens with one attached hydrogen (secondary N) is 2. The Morgan fingerprint density at radius 3 is 3.06 bits per heavy atom. The molecule has 0 spiro atoms. The van der Waals surface area contributed by atoms with Crippen molar-refractivity contribution in [3.8, 4) is 0 Å². The van der Waals surface area contributed by atoms with Gasteiger partial charge in [0.25, 0.3) is 5.91 Å². The first-order chi connectivity index (χ1) is 8.22. The number of aromatic nitrogens is 3. The summed E-state index contributed by atoms with van der Waals surface area (Å²) in [5, 5.41) is 2.78. The van der Waals surface area contributed by atoms with E-state index in [1.54, 1.807) is 25.7 Å². The third-order valence-electron chi connectivity index (χ3n) is 2.50. The molecule has 2 aromatic rings. The molecule has 0 saturated carbocycles. The fraction of sp³-hybridized carbons (Fsp3) is 0.364. The second-order valence-corrected chi connectivity index (χ2v) is 3.71. The van der Waals surface area contributed by atoms with E-state index in [1.807, 2.05) is 6.92 Å². The number of hydrogen-bond acceptors (Lipinski definition) is 4. The van der Waals surface area contributed by atoms with E-state index in [1.165, 1.54) is 0 Å². The van der Waals surface area contributed by atoms with Crippen LogP contribution in [0, 0.1) is 0 Å². The van der Waals surface area contributed by atoms with Gasteiger partial charge in [0.2, 0.25) is 0 Å². The van der Waals surface area contributed by atoms with Crippen LogP contribution in [-0.4, -0.2) is 40.6 Å². The molecule has 1 amide bonds. The highest BCUT2D eigenvalue weighted by molar-refractivity contribution is 6.04. The Kier molecular flexibility index (Phi) is 3.34. The van der Waals surface area contributed by atoms with Gasteiger partial charge in [-0.25, -0.2) is 4.98 Å². The second kappa shape index (κ2) is 4.92. The van der Waals surface area contributed by atoms with Gasteiger partial charge in [-0.05, 0) is 6.92 Å². The highest BCUT2D eigenvalue weighted by atomic mass is 16.5. The molecule has 0 aliphatic carbocycles. The lowest BCUT2D eigenvalue weighted by Gasteiger charge is -2.09. The van der Waals surface area contributed by atoms with Crippen molar-refractivity contribution >= 4 is 17.1 Å². The van der Waals surface area contributed by atoms with Crippen molar-refractivity contribution in [1.29, 1.82) is 0 Å². The molecule has 2 rings (SSSR count). The number of methoxy groups -OCH3 is 1. The number of fused-ring (bicyclic) bond motifs is 1. The molecule has 2 N–H and O–H groups in total. The molecule has 0 aliphatic heterocycles. The lowest BCUT2D eigenvalue weighted by atomic mass is 10.2. The second-order valence-electron chi connectivity index (χ2n) is 3.71. The van der Waals surface area contributed by atoms with E-state index >= 15 is 0 Å².